The first-order valence-corrected chi connectivity index (χ1v) is 7.88. The lowest BCUT2D eigenvalue weighted by Crippen LogP contribution is -2.44. The second-order valence-corrected chi connectivity index (χ2v) is 6.96. The largest absolute Gasteiger partial charge is 0.337 e. The fraction of sp³-hybridized carbons (Fsp3) is 0.467. The lowest BCUT2D eigenvalue weighted by molar-refractivity contribution is 0.0669. The molecule has 0 aromatic carbocycles. The molecule has 0 N–H and O–H groups in total. The second kappa shape index (κ2) is 5.52. The number of hydrogen-bond acceptors (Lipinski definition) is 5. The molecule has 0 atom stereocenters. The maximum absolute atomic E-state index is 12.4. The molecule has 1 aliphatic heterocycles. The van der Waals surface area contributed by atoms with Crippen molar-refractivity contribution in [3.8, 4) is 0 Å². The Kier molecular flexibility index (Phi) is 3.71. The minimum Gasteiger partial charge on any atom is -0.337 e. The van der Waals surface area contributed by atoms with Crippen LogP contribution in [0.15, 0.2) is 24.8 Å². The van der Waals surface area contributed by atoms with Gasteiger partial charge in [0.1, 0.15) is 12.0 Å². The number of aromatic nitrogens is 3. The zero-order valence-corrected chi connectivity index (χ0v) is 13.1. The monoisotopic (exact) mass is 302 g/mol. The van der Waals surface area contributed by atoms with Crippen molar-refractivity contribution in [2.45, 2.75) is 32.1 Å². The van der Waals surface area contributed by atoms with Crippen molar-refractivity contribution in [2.75, 3.05) is 13.1 Å². The zero-order chi connectivity index (χ0) is 14.9. The number of carbonyl (C=O) groups is 1. The average molecular weight is 302 g/mol. The zero-order valence-electron chi connectivity index (χ0n) is 12.2. The van der Waals surface area contributed by atoms with E-state index in [1.54, 1.807) is 23.6 Å². The molecule has 1 aliphatic rings. The standard InChI is InChI=1S/C15H18N4OS/c1-11-9-17-14(21-11)15(2)4-7-19(8-5-15)13(20)12-3-6-16-10-18-12/h3,6,9-10H,4-5,7-8H2,1-2H3. The summed E-state index contributed by atoms with van der Waals surface area (Å²) in [6, 6.07) is 1.67. The van der Waals surface area contributed by atoms with E-state index < -0.39 is 0 Å². The Morgan fingerprint density at radius 3 is 2.67 bits per heavy atom. The minimum absolute atomic E-state index is 0.00484. The summed E-state index contributed by atoms with van der Waals surface area (Å²) in [5.41, 5.74) is 0.556. The molecule has 0 spiro atoms. The summed E-state index contributed by atoms with van der Waals surface area (Å²) in [6.45, 7) is 5.83. The van der Waals surface area contributed by atoms with Gasteiger partial charge in [-0.05, 0) is 25.8 Å². The van der Waals surface area contributed by atoms with Gasteiger partial charge in [-0.25, -0.2) is 15.0 Å². The van der Waals surface area contributed by atoms with E-state index in [0.717, 1.165) is 25.9 Å². The van der Waals surface area contributed by atoms with Crippen molar-refractivity contribution in [3.63, 3.8) is 0 Å². The highest BCUT2D eigenvalue weighted by Crippen LogP contribution is 2.37. The number of likely N-dealkylation sites (tertiary alicyclic amines) is 1. The lowest BCUT2D eigenvalue weighted by Gasteiger charge is -2.38. The SMILES string of the molecule is Cc1cnc(C2(C)CCN(C(=O)c3ccncn3)CC2)s1. The van der Waals surface area contributed by atoms with Crippen LogP contribution < -0.4 is 0 Å². The van der Waals surface area contributed by atoms with E-state index in [0.29, 0.717) is 5.69 Å². The number of rotatable bonds is 2. The Morgan fingerprint density at radius 2 is 2.10 bits per heavy atom. The first-order chi connectivity index (χ1) is 10.1. The van der Waals surface area contributed by atoms with Gasteiger partial charge in [0, 0.05) is 35.8 Å². The van der Waals surface area contributed by atoms with Crippen LogP contribution in [0.5, 0.6) is 0 Å². The van der Waals surface area contributed by atoms with Crippen LogP contribution in [0.3, 0.4) is 0 Å². The van der Waals surface area contributed by atoms with Crippen LogP contribution in [-0.2, 0) is 5.41 Å². The number of carbonyl (C=O) groups excluding carboxylic acids is 1. The molecule has 2 aromatic rings. The number of thiazole rings is 1. The van der Waals surface area contributed by atoms with Gasteiger partial charge in [0.2, 0.25) is 0 Å². The Hall–Kier alpha value is -1.82. The molecule has 110 valence electrons. The predicted molar refractivity (Wildman–Crippen MR) is 81.4 cm³/mol. The number of hydrogen-bond donors (Lipinski definition) is 0. The fourth-order valence-corrected chi connectivity index (χ4v) is 3.60. The molecule has 21 heavy (non-hydrogen) atoms. The highest BCUT2D eigenvalue weighted by molar-refractivity contribution is 7.11. The topological polar surface area (TPSA) is 59.0 Å². The van der Waals surface area contributed by atoms with Gasteiger partial charge in [-0.1, -0.05) is 6.92 Å². The van der Waals surface area contributed by atoms with Gasteiger partial charge < -0.3 is 4.90 Å². The van der Waals surface area contributed by atoms with Crippen molar-refractivity contribution in [3.05, 3.63) is 40.4 Å². The van der Waals surface area contributed by atoms with Crippen LogP contribution in [0, 0.1) is 6.92 Å². The summed E-state index contributed by atoms with van der Waals surface area (Å²) >= 11 is 1.76. The summed E-state index contributed by atoms with van der Waals surface area (Å²) in [4.78, 5) is 27.9. The Morgan fingerprint density at radius 1 is 1.33 bits per heavy atom. The van der Waals surface area contributed by atoms with Gasteiger partial charge in [0.05, 0.1) is 5.01 Å². The van der Waals surface area contributed by atoms with Crippen molar-refractivity contribution in [1.82, 2.24) is 19.9 Å². The van der Waals surface area contributed by atoms with E-state index in [9.17, 15) is 4.79 Å². The first-order valence-electron chi connectivity index (χ1n) is 7.07. The quantitative estimate of drug-likeness (QED) is 0.855. The van der Waals surface area contributed by atoms with Crippen LogP contribution in [0.2, 0.25) is 0 Å². The second-order valence-electron chi connectivity index (χ2n) is 5.72. The molecule has 3 heterocycles. The van der Waals surface area contributed by atoms with Gasteiger partial charge >= 0.3 is 0 Å². The van der Waals surface area contributed by atoms with Gasteiger partial charge in [-0.15, -0.1) is 11.3 Å². The highest BCUT2D eigenvalue weighted by atomic mass is 32.1. The van der Waals surface area contributed by atoms with Crippen LogP contribution in [0.1, 0.15) is 40.1 Å². The smallest absolute Gasteiger partial charge is 0.272 e. The summed E-state index contributed by atoms with van der Waals surface area (Å²) in [5, 5.41) is 1.19. The van der Waals surface area contributed by atoms with E-state index >= 15 is 0 Å². The third-order valence-corrected chi connectivity index (χ3v) is 5.31. The van der Waals surface area contributed by atoms with Gasteiger partial charge in [-0.2, -0.15) is 0 Å². The van der Waals surface area contributed by atoms with Gasteiger partial charge in [-0.3, -0.25) is 4.79 Å². The molecule has 1 amide bonds. The van der Waals surface area contributed by atoms with E-state index in [-0.39, 0.29) is 11.3 Å². The molecule has 5 nitrogen and oxygen atoms in total. The lowest BCUT2D eigenvalue weighted by atomic mass is 9.81. The van der Waals surface area contributed by atoms with Crippen LogP contribution >= 0.6 is 11.3 Å². The Bertz CT molecular complexity index is 632. The van der Waals surface area contributed by atoms with Crippen molar-refractivity contribution in [2.24, 2.45) is 0 Å². The maximum atomic E-state index is 12.4. The molecule has 0 aliphatic carbocycles. The predicted octanol–water partition coefficient (Wildman–Crippen LogP) is 2.44. The molecule has 6 heteroatoms. The molecular weight excluding hydrogens is 284 g/mol. The fourth-order valence-electron chi connectivity index (χ4n) is 2.63. The molecule has 0 bridgehead atoms. The number of aryl methyl sites for hydroxylation is 1. The third-order valence-electron chi connectivity index (χ3n) is 4.09. The van der Waals surface area contributed by atoms with Crippen molar-refractivity contribution < 1.29 is 4.79 Å². The average Bonchev–Trinajstić information content (AvgIpc) is 2.96. The van der Waals surface area contributed by atoms with E-state index in [2.05, 4.69) is 28.8 Å². The molecule has 2 aromatic heterocycles. The summed E-state index contributed by atoms with van der Waals surface area (Å²) < 4.78 is 0. The number of nitrogens with zero attached hydrogens (tertiary/aromatic N) is 4. The molecule has 0 radical (unpaired) electrons. The highest BCUT2D eigenvalue weighted by Gasteiger charge is 2.35. The van der Waals surface area contributed by atoms with E-state index in [4.69, 9.17) is 0 Å². The first kappa shape index (κ1) is 14.1. The van der Waals surface area contributed by atoms with Crippen molar-refractivity contribution >= 4 is 17.2 Å². The molecular formula is C15H18N4OS. The van der Waals surface area contributed by atoms with Gasteiger partial charge in [0.15, 0.2) is 0 Å². The number of piperidine rings is 1. The van der Waals surface area contributed by atoms with Crippen LogP contribution in [-0.4, -0.2) is 38.8 Å². The Labute approximate surface area is 128 Å². The van der Waals surface area contributed by atoms with Crippen LogP contribution in [0.4, 0.5) is 0 Å². The summed E-state index contributed by atoms with van der Waals surface area (Å²) in [5.74, 6) is -0.00484. The van der Waals surface area contributed by atoms with E-state index in [1.807, 2.05) is 11.1 Å². The normalized spacial score (nSPS) is 17.7. The summed E-state index contributed by atoms with van der Waals surface area (Å²) in [6.07, 6.45) is 6.84. The molecule has 3 rings (SSSR count). The third kappa shape index (κ3) is 2.81. The molecule has 1 fully saturated rings. The van der Waals surface area contributed by atoms with Crippen molar-refractivity contribution in [1.29, 1.82) is 0 Å². The van der Waals surface area contributed by atoms with Gasteiger partial charge in [0.25, 0.3) is 5.91 Å². The maximum Gasteiger partial charge on any atom is 0.272 e. The molecule has 1 saturated heterocycles. The minimum atomic E-state index is -0.00484. The van der Waals surface area contributed by atoms with Crippen LogP contribution in [0.25, 0.3) is 0 Å². The van der Waals surface area contributed by atoms with E-state index in [1.165, 1.54) is 16.2 Å². The summed E-state index contributed by atoms with van der Waals surface area (Å²) in [7, 11) is 0. The number of amides is 1. The molecule has 0 saturated carbocycles. The molecule has 0 unspecified atom stereocenters. The Balaban J connectivity index is 1.69.